The fourth-order valence-corrected chi connectivity index (χ4v) is 1.91. The number of hydrogen-bond donors (Lipinski definition) is 1. The molecule has 1 aromatic carbocycles. The third-order valence-corrected chi connectivity index (χ3v) is 2.98. The molecule has 0 aliphatic carbocycles. The first-order valence-electron chi connectivity index (χ1n) is 5.68. The molecular formula is C13H18BrNO2. The number of methoxy groups -OCH3 is 1. The van der Waals surface area contributed by atoms with Gasteiger partial charge >= 0.3 is 0 Å². The smallest absolute Gasteiger partial charge is 0.224 e. The largest absolute Gasteiger partial charge is 0.495 e. The molecule has 0 heterocycles. The van der Waals surface area contributed by atoms with Gasteiger partial charge in [-0.2, -0.15) is 0 Å². The van der Waals surface area contributed by atoms with Crippen molar-refractivity contribution < 1.29 is 9.53 Å². The molecule has 1 rings (SSSR count). The van der Waals surface area contributed by atoms with Crippen LogP contribution in [0.4, 0.5) is 5.69 Å². The van der Waals surface area contributed by atoms with E-state index in [2.05, 4.69) is 21.2 Å². The quantitative estimate of drug-likeness (QED) is 0.645. The standard InChI is InChI=1S/C13H18BrNO2/c1-10-6-7-12(17-2)11(9-10)15-13(16)5-3-4-8-14/h6-7,9H,3-5,8H2,1-2H3,(H,15,16). The molecule has 0 aromatic heterocycles. The third kappa shape index (κ3) is 4.77. The molecular weight excluding hydrogens is 282 g/mol. The SMILES string of the molecule is COc1ccc(C)cc1NC(=O)CCCCBr. The van der Waals surface area contributed by atoms with Crippen molar-refractivity contribution in [2.24, 2.45) is 0 Å². The van der Waals surface area contributed by atoms with E-state index in [0.29, 0.717) is 12.2 Å². The maximum absolute atomic E-state index is 11.7. The second-order valence-corrected chi connectivity index (χ2v) is 4.69. The second-order valence-electron chi connectivity index (χ2n) is 3.90. The number of hydrogen-bond acceptors (Lipinski definition) is 2. The van der Waals surface area contributed by atoms with Gasteiger partial charge in [0.15, 0.2) is 0 Å². The Morgan fingerprint density at radius 1 is 1.41 bits per heavy atom. The van der Waals surface area contributed by atoms with E-state index in [-0.39, 0.29) is 5.91 Å². The molecule has 4 heteroatoms. The van der Waals surface area contributed by atoms with Gasteiger partial charge in [-0.1, -0.05) is 22.0 Å². The Morgan fingerprint density at radius 2 is 2.18 bits per heavy atom. The Morgan fingerprint density at radius 3 is 2.82 bits per heavy atom. The summed E-state index contributed by atoms with van der Waals surface area (Å²) in [7, 11) is 1.60. The number of aryl methyl sites for hydroxylation is 1. The molecule has 0 radical (unpaired) electrons. The van der Waals surface area contributed by atoms with Crippen LogP contribution < -0.4 is 10.1 Å². The van der Waals surface area contributed by atoms with E-state index in [9.17, 15) is 4.79 Å². The molecule has 0 unspecified atom stereocenters. The first-order chi connectivity index (χ1) is 8.17. The minimum atomic E-state index is 0.0369. The van der Waals surface area contributed by atoms with Gasteiger partial charge in [0.05, 0.1) is 12.8 Å². The molecule has 0 aliphatic rings. The summed E-state index contributed by atoms with van der Waals surface area (Å²) >= 11 is 3.35. The predicted molar refractivity (Wildman–Crippen MR) is 74.0 cm³/mol. The summed E-state index contributed by atoms with van der Waals surface area (Å²) in [6.07, 6.45) is 2.45. The molecule has 0 spiro atoms. The van der Waals surface area contributed by atoms with Crippen molar-refractivity contribution in [1.29, 1.82) is 0 Å². The summed E-state index contributed by atoms with van der Waals surface area (Å²) in [6, 6.07) is 5.74. The first kappa shape index (κ1) is 14.0. The van der Waals surface area contributed by atoms with Gasteiger partial charge in [0.25, 0.3) is 0 Å². The first-order valence-corrected chi connectivity index (χ1v) is 6.80. The lowest BCUT2D eigenvalue weighted by Crippen LogP contribution is -2.12. The highest BCUT2D eigenvalue weighted by molar-refractivity contribution is 9.09. The summed E-state index contributed by atoms with van der Waals surface area (Å²) in [6.45, 7) is 1.99. The Kier molecular flexibility index (Phi) is 6.05. The number of benzene rings is 1. The maximum atomic E-state index is 11.7. The van der Waals surface area contributed by atoms with Gasteiger partial charge < -0.3 is 10.1 Å². The number of ether oxygens (including phenoxy) is 1. The van der Waals surface area contributed by atoms with Gasteiger partial charge in [-0.05, 0) is 37.5 Å². The Bertz CT molecular complexity index is 380. The molecule has 0 fully saturated rings. The van der Waals surface area contributed by atoms with E-state index < -0.39 is 0 Å². The van der Waals surface area contributed by atoms with Crippen molar-refractivity contribution in [2.75, 3.05) is 17.8 Å². The van der Waals surface area contributed by atoms with Gasteiger partial charge in [0.1, 0.15) is 5.75 Å². The summed E-state index contributed by atoms with van der Waals surface area (Å²) in [5.74, 6) is 0.735. The van der Waals surface area contributed by atoms with Crippen LogP contribution in [0.25, 0.3) is 0 Å². The summed E-state index contributed by atoms with van der Waals surface area (Å²) in [4.78, 5) is 11.7. The monoisotopic (exact) mass is 299 g/mol. The summed E-state index contributed by atoms with van der Waals surface area (Å²) in [5, 5.41) is 3.82. The van der Waals surface area contributed by atoms with E-state index in [1.54, 1.807) is 7.11 Å². The number of alkyl halides is 1. The lowest BCUT2D eigenvalue weighted by atomic mass is 10.2. The highest BCUT2D eigenvalue weighted by Gasteiger charge is 2.07. The highest BCUT2D eigenvalue weighted by Crippen LogP contribution is 2.25. The van der Waals surface area contributed by atoms with Crippen molar-refractivity contribution in [2.45, 2.75) is 26.2 Å². The number of carbonyl (C=O) groups is 1. The average Bonchev–Trinajstić information content (AvgIpc) is 2.29. The summed E-state index contributed by atoms with van der Waals surface area (Å²) < 4.78 is 5.20. The highest BCUT2D eigenvalue weighted by atomic mass is 79.9. The molecule has 1 amide bonds. The number of halogens is 1. The topological polar surface area (TPSA) is 38.3 Å². The zero-order valence-electron chi connectivity index (χ0n) is 10.3. The zero-order chi connectivity index (χ0) is 12.7. The predicted octanol–water partition coefficient (Wildman–Crippen LogP) is 3.51. The lowest BCUT2D eigenvalue weighted by molar-refractivity contribution is -0.116. The molecule has 17 heavy (non-hydrogen) atoms. The normalized spacial score (nSPS) is 10.1. The van der Waals surface area contributed by atoms with E-state index >= 15 is 0 Å². The number of rotatable bonds is 6. The molecule has 0 saturated heterocycles. The van der Waals surface area contributed by atoms with Gasteiger partial charge in [-0.15, -0.1) is 0 Å². The van der Waals surface area contributed by atoms with Crippen LogP contribution >= 0.6 is 15.9 Å². The molecule has 0 bridgehead atoms. The van der Waals surface area contributed by atoms with E-state index in [4.69, 9.17) is 4.74 Å². The zero-order valence-corrected chi connectivity index (χ0v) is 11.8. The molecule has 94 valence electrons. The van der Waals surface area contributed by atoms with Crippen molar-refractivity contribution in [3.63, 3.8) is 0 Å². The minimum Gasteiger partial charge on any atom is -0.495 e. The fourth-order valence-electron chi connectivity index (χ4n) is 1.51. The van der Waals surface area contributed by atoms with E-state index in [0.717, 1.165) is 29.4 Å². The molecule has 0 atom stereocenters. The fraction of sp³-hybridized carbons (Fsp3) is 0.462. The molecule has 0 saturated carbocycles. The van der Waals surface area contributed by atoms with Crippen molar-refractivity contribution >= 4 is 27.5 Å². The van der Waals surface area contributed by atoms with Crippen LogP contribution in [-0.2, 0) is 4.79 Å². The summed E-state index contributed by atoms with van der Waals surface area (Å²) in [5.41, 5.74) is 1.85. The van der Waals surface area contributed by atoms with Crippen molar-refractivity contribution in [3.05, 3.63) is 23.8 Å². The number of unbranched alkanes of at least 4 members (excludes halogenated alkanes) is 1. The third-order valence-electron chi connectivity index (χ3n) is 2.42. The van der Waals surface area contributed by atoms with Crippen LogP contribution in [-0.4, -0.2) is 18.3 Å². The van der Waals surface area contributed by atoms with Gasteiger partial charge in [-0.25, -0.2) is 0 Å². The maximum Gasteiger partial charge on any atom is 0.224 e. The molecule has 3 nitrogen and oxygen atoms in total. The van der Waals surface area contributed by atoms with Gasteiger partial charge in [0.2, 0.25) is 5.91 Å². The number of carbonyl (C=O) groups excluding carboxylic acids is 1. The molecule has 1 N–H and O–H groups in total. The van der Waals surface area contributed by atoms with Gasteiger partial charge in [-0.3, -0.25) is 4.79 Å². The van der Waals surface area contributed by atoms with Crippen LogP contribution in [0.2, 0.25) is 0 Å². The van der Waals surface area contributed by atoms with Crippen LogP contribution in [0.15, 0.2) is 18.2 Å². The average molecular weight is 300 g/mol. The van der Waals surface area contributed by atoms with Crippen LogP contribution in [0.3, 0.4) is 0 Å². The Labute approximate surface area is 111 Å². The molecule has 0 aliphatic heterocycles. The van der Waals surface area contributed by atoms with Crippen LogP contribution in [0.1, 0.15) is 24.8 Å². The molecule has 1 aromatic rings. The second kappa shape index (κ2) is 7.33. The van der Waals surface area contributed by atoms with E-state index in [1.165, 1.54) is 0 Å². The minimum absolute atomic E-state index is 0.0369. The van der Waals surface area contributed by atoms with Crippen molar-refractivity contribution in [3.8, 4) is 5.75 Å². The number of amides is 1. The van der Waals surface area contributed by atoms with E-state index in [1.807, 2.05) is 25.1 Å². The van der Waals surface area contributed by atoms with Crippen LogP contribution in [0, 0.1) is 6.92 Å². The number of anilines is 1. The van der Waals surface area contributed by atoms with Crippen molar-refractivity contribution in [1.82, 2.24) is 0 Å². The van der Waals surface area contributed by atoms with Gasteiger partial charge in [0, 0.05) is 11.8 Å². The Hall–Kier alpha value is -1.03. The lowest BCUT2D eigenvalue weighted by Gasteiger charge is -2.10. The number of nitrogens with one attached hydrogen (secondary N) is 1. The Balaban J connectivity index is 2.60. The van der Waals surface area contributed by atoms with Crippen LogP contribution in [0.5, 0.6) is 5.75 Å².